The molecule has 0 fully saturated rings. The van der Waals surface area contributed by atoms with Gasteiger partial charge in [-0.25, -0.2) is 9.50 Å². The minimum absolute atomic E-state index is 0.0194. The monoisotopic (exact) mass is 384 g/mol. The predicted molar refractivity (Wildman–Crippen MR) is 108 cm³/mol. The molecule has 1 aromatic carbocycles. The Morgan fingerprint density at radius 3 is 2.67 bits per heavy atom. The molecule has 0 aliphatic rings. The van der Waals surface area contributed by atoms with E-state index in [1.807, 2.05) is 45.4 Å². The molecule has 8 heteroatoms. The molecule has 0 aliphatic heterocycles. The first-order chi connectivity index (χ1) is 13.0. The number of carbonyl (C=O) groups excluding carboxylic acids is 1. The Balaban J connectivity index is 1.62. The zero-order valence-electron chi connectivity index (χ0n) is 16.1. The molecule has 142 valence electrons. The van der Waals surface area contributed by atoms with Crippen LogP contribution in [0, 0.1) is 13.8 Å². The molecule has 3 aromatic rings. The fraction of sp³-hybridized carbons (Fsp3) is 0.368. The second-order valence-corrected chi connectivity index (χ2v) is 7.13. The summed E-state index contributed by atoms with van der Waals surface area (Å²) in [7, 11) is 2.02. The Morgan fingerprint density at radius 1 is 1.22 bits per heavy atom. The number of likely N-dealkylation sites (N-methyl/N-ethyl adjacent to an activating group) is 1. The molecule has 0 saturated heterocycles. The first kappa shape index (κ1) is 19.2. The van der Waals surface area contributed by atoms with Gasteiger partial charge in [-0.1, -0.05) is 30.0 Å². The molecule has 0 radical (unpaired) electrons. The maximum atomic E-state index is 12.4. The Kier molecular flexibility index (Phi) is 5.95. The second kappa shape index (κ2) is 8.39. The maximum Gasteiger partial charge on any atom is 0.253 e. The van der Waals surface area contributed by atoms with Gasteiger partial charge in [0.2, 0.25) is 11.1 Å². The molecule has 0 aliphatic carbocycles. The smallest absolute Gasteiger partial charge is 0.253 e. The van der Waals surface area contributed by atoms with Crippen molar-refractivity contribution in [1.82, 2.24) is 24.9 Å². The normalized spacial score (nSPS) is 11.0. The number of para-hydroxylation sites is 1. The molecule has 27 heavy (non-hydrogen) atoms. The topological polar surface area (TPSA) is 75.4 Å². The fourth-order valence-corrected chi connectivity index (χ4v) is 3.27. The number of carbonyl (C=O) groups is 1. The predicted octanol–water partition coefficient (Wildman–Crippen LogP) is 2.26. The third-order valence-electron chi connectivity index (χ3n) is 4.52. The summed E-state index contributed by atoms with van der Waals surface area (Å²) < 4.78 is 1.71. The van der Waals surface area contributed by atoms with Crippen LogP contribution in [0.4, 0.5) is 5.69 Å². The molecule has 2 heterocycles. The molecule has 7 nitrogen and oxygen atoms in total. The summed E-state index contributed by atoms with van der Waals surface area (Å²) in [6.07, 6.45) is 2.21. The minimum atomic E-state index is -0.0194. The Hall–Kier alpha value is -2.61. The van der Waals surface area contributed by atoms with Gasteiger partial charge in [-0.05, 0) is 32.2 Å². The Bertz CT molecular complexity index is 940. The largest absolute Gasteiger partial charge is 0.373 e. The minimum Gasteiger partial charge on any atom is -0.373 e. The highest BCUT2D eigenvalue weighted by molar-refractivity contribution is 7.98. The molecule has 1 N–H and O–H groups in total. The number of benzene rings is 1. The van der Waals surface area contributed by atoms with E-state index in [9.17, 15) is 4.79 Å². The number of rotatable bonds is 7. The lowest BCUT2D eigenvalue weighted by atomic mass is 10.1. The van der Waals surface area contributed by atoms with Crippen LogP contribution in [0.25, 0.3) is 5.78 Å². The second-order valence-electron chi connectivity index (χ2n) is 6.36. The molecule has 0 atom stereocenters. The summed E-state index contributed by atoms with van der Waals surface area (Å²) in [6.45, 7) is 5.18. The number of aromatic nitrogens is 4. The van der Waals surface area contributed by atoms with Crippen molar-refractivity contribution in [3.8, 4) is 0 Å². The first-order valence-electron chi connectivity index (χ1n) is 8.79. The number of fused-ring (bicyclic) bond motifs is 1. The zero-order chi connectivity index (χ0) is 19.4. The van der Waals surface area contributed by atoms with Crippen LogP contribution in [0.2, 0.25) is 0 Å². The van der Waals surface area contributed by atoms with Crippen LogP contribution in [0.1, 0.15) is 17.0 Å². The summed E-state index contributed by atoms with van der Waals surface area (Å²) >= 11 is 1.47. The van der Waals surface area contributed by atoms with Crippen LogP contribution >= 0.6 is 11.8 Å². The van der Waals surface area contributed by atoms with Gasteiger partial charge >= 0.3 is 0 Å². The molecule has 0 bridgehead atoms. The number of anilines is 1. The summed E-state index contributed by atoms with van der Waals surface area (Å²) in [5, 5.41) is 8.10. The quantitative estimate of drug-likeness (QED) is 0.630. The molecule has 2 aromatic heterocycles. The molecule has 3 rings (SSSR count). The van der Waals surface area contributed by atoms with Crippen molar-refractivity contribution in [2.45, 2.75) is 25.4 Å². The summed E-state index contributed by atoms with van der Waals surface area (Å²) in [4.78, 5) is 23.4. The van der Waals surface area contributed by atoms with Crippen molar-refractivity contribution in [3.05, 3.63) is 47.3 Å². The average molecular weight is 385 g/mol. The Morgan fingerprint density at radius 2 is 1.96 bits per heavy atom. The highest BCUT2D eigenvalue weighted by Gasteiger charge is 2.15. The van der Waals surface area contributed by atoms with Crippen LogP contribution < -0.4 is 10.2 Å². The van der Waals surface area contributed by atoms with E-state index >= 15 is 0 Å². The number of amides is 1. The molecule has 1 amide bonds. The fourth-order valence-electron chi connectivity index (χ4n) is 2.93. The van der Waals surface area contributed by atoms with Crippen LogP contribution in [0.5, 0.6) is 0 Å². The van der Waals surface area contributed by atoms with E-state index in [1.54, 1.807) is 4.52 Å². The number of hydrogen-bond acceptors (Lipinski definition) is 6. The van der Waals surface area contributed by atoms with Gasteiger partial charge in [0, 0.05) is 42.8 Å². The molecule has 0 spiro atoms. The van der Waals surface area contributed by atoms with E-state index in [0.717, 1.165) is 29.2 Å². The van der Waals surface area contributed by atoms with Crippen molar-refractivity contribution < 1.29 is 4.79 Å². The van der Waals surface area contributed by atoms with Gasteiger partial charge in [0.15, 0.2) is 0 Å². The van der Waals surface area contributed by atoms with Crippen molar-refractivity contribution in [1.29, 1.82) is 0 Å². The molecule has 0 unspecified atom stereocenters. The lowest BCUT2D eigenvalue weighted by Crippen LogP contribution is -2.34. The van der Waals surface area contributed by atoms with E-state index < -0.39 is 0 Å². The number of nitrogens with one attached hydrogen (secondary N) is 1. The van der Waals surface area contributed by atoms with Gasteiger partial charge in [-0.2, -0.15) is 4.98 Å². The standard InChI is InChI=1S/C19H24N6OS/c1-13-16(14(2)25-18(21-13)22-19(23-25)27-4)12-17(26)20-10-11-24(3)15-8-6-5-7-9-15/h5-9H,10-12H2,1-4H3,(H,20,26). The van der Waals surface area contributed by atoms with Crippen molar-refractivity contribution >= 4 is 29.1 Å². The van der Waals surface area contributed by atoms with Crippen molar-refractivity contribution in [2.24, 2.45) is 0 Å². The van der Waals surface area contributed by atoms with E-state index in [-0.39, 0.29) is 12.3 Å². The summed E-state index contributed by atoms with van der Waals surface area (Å²) in [5.74, 6) is 0.553. The highest BCUT2D eigenvalue weighted by Crippen LogP contribution is 2.17. The van der Waals surface area contributed by atoms with Gasteiger partial charge in [0.25, 0.3) is 5.78 Å². The highest BCUT2D eigenvalue weighted by atomic mass is 32.2. The Labute approximate surface area is 163 Å². The summed E-state index contributed by atoms with van der Waals surface area (Å²) in [5.41, 5.74) is 3.75. The van der Waals surface area contributed by atoms with Crippen LogP contribution in [0.15, 0.2) is 35.5 Å². The molecular weight excluding hydrogens is 360 g/mol. The SMILES string of the molecule is CSc1nc2nc(C)c(CC(=O)NCCN(C)c3ccccc3)c(C)n2n1. The van der Waals surface area contributed by atoms with Crippen LogP contribution in [-0.4, -0.2) is 51.9 Å². The lowest BCUT2D eigenvalue weighted by molar-refractivity contribution is -0.120. The van der Waals surface area contributed by atoms with Crippen LogP contribution in [0.3, 0.4) is 0 Å². The van der Waals surface area contributed by atoms with Gasteiger partial charge in [-0.15, -0.1) is 5.10 Å². The van der Waals surface area contributed by atoms with Gasteiger partial charge in [-0.3, -0.25) is 4.79 Å². The number of nitrogens with zero attached hydrogens (tertiary/aromatic N) is 5. The van der Waals surface area contributed by atoms with Crippen molar-refractivity contribution in [3.63, 3.8) is 0 Å². The molecule has 0 saturated carbocycles. The summed E-state index contributed by atoms with van der Waals surface area (Å²) in [6, 6.07) is 10.1. The van der Waals surface area contributed by atoms with Gasteiger partial charge in [0.05, 0.1) is 6.42 Å². The maximum absolute atomic E-state index is 12.4. The van der Waals surface area contributed by atoms with E-state index in [2.05, 4.69) is 37.4 Å². The number of thioether (sulfide) groups is 1. The number of aryl methyl sites for hydroxylation is 2. The first-order valence-corrected chi connectivity index (χ1v) is 10.0. The van der Waals surface area contributed by atoms with Gasteiger partial charge < -0.3 is 10.2 Å². The zero-order valence-corrected chi connectivity index (χ0v) is 16.9. The van der Waals surface area contributed by atoms with E-state index in [4.69, 9.17) is 0 Å². The van der Waals surface area contributed by atoms with E-state index in [0.29, 0.717) is 17.5 Å². The van der Waals surface area contributed by atoms with Gasteiger partial charge in [0.1, 0.15) is 0 Å². The van der Waals surface area contributed by atoms with Crippen molar-refractivity contribution in [2.75, 3.05) is 31.3 Å². The number of hydrogen-bond donors (Lipinski definition) is 1. The third kappa shape index (κ3) is 4.39. The van der Waals surface area contributed by atoms with E-state index in [1.165, 1.54) is 11.8 Å². The lowest BCUT2D eigenvalue weighted by Gasteiger charge is -2.19. The average Bonchev–Trinajstić information content (AvgIpc) is 3.09. The van der Waals surface area contributed by atoms with Crippen LogP contribution in [-0.2, 0) is 11.2 Å². The third-order valence-corrected chi connectivity index (χ3v) is 5.05. The molecular formula is C19H24N6OS.